The van der Waals surface area contributed by atoms with Crippen LogP contribution in [0.5, 0.6) is 0 Å². The first-order valence-corrected chi connectivity index (χ1v) is 9.20. The monoisotopic (exact) mass is 363 g/mol. The van der Waals surface area contributed by atoms with E-state index in [1.807, 2.05) is 91.0 Å². The summed E-state index contributed by atoms with van der Waals surface area (Å²) in [5.74, 6) is -0.0827. The molecule has 0 fully saturated rings. The topological polar surface area (TPSA) is 29.1 Å². The molecule has 0 saturated heterocycles. The van der Waals surface area contributed by atoms with Gasteiger partial charge in [-0.1, -0.05) is 103 Å². The van der Waals surface area contributed by atoms with Gasteiger partial charge in [0.05, 0.1) is 4.20 Å². The van der Waals surface area contributed by atoms with Crippen molar-refractivity contribution in [3.63, 3.8) is 0 Å². The molecule has 0 heterocycles. The summed E-state index contributed by atoms with van der Waals surface area (Å²) in [6, 6.07) is 29.0. The summed E-state index contributed by atoms with van der Waals surface area (Å²) in [6.45, 7) is 0. The number of para-hydroxylation sites is 1. The van der Waals surface area contributed by atoms with E-state index < -0.39 is 5.25 Å². The summed E-state index contributed by atoms with van der Waals surface area (Å²) in [7, 11) is 0. The Labute approximate surface area is 157 Å². The molecule has 1 N–H and O–H groups in total. The molecule has 2 nitrogen and oxygen atoms in total. The van der Waals surface area contributed by atoms with Crippen molar-refractivity contribution in [1.82, 2.24) is 0 Å². The zero-order chi connectivity index (χ0) is 17.5. The Bertz CT molecular complexity index is 836. The number of thioether (sulfide) groups is 1. The Morgan fingerprint density at radius 3 is 1.92 bits per heavy atom. The molecule has 0 aliphatic heterocycles. The second-order valence-corrected chi connectivity index (χ2v) is 7.20. The van der Waals surface area contributed by atoms with Crippen LogP contribution in [0.25, 0.3) is 0 Å². The van der Waals surface area contributed by atoms with Gasteiger partial charge < -0.3 is 5.32 Å². The summed E-state index contributed by atoms with van der Waals surface area (Å²) < 4.78 is 0.706. The van der Waals surface area contributed by atoms with Crippen molar-refractivity contribution in [2.75, 3.05) is 5.32 Å². The Morgan fingerprint density at radius 2 is 1.32 bits per heavy atom. The Morgan fingerprint density at radius 1 is 0.800 bits per heavy atom. The lowest BCUT2D eigenvalue weighted by molar-refractivity contribution is -0.115. The standard InChI is InChI=1S/C21H17NOS2/c23-20(22-18-14-8-3-9-15-18)19(16-10-4-1-5-11-16)25-21(24)17-12-6-2-7-13-17/h1-15,19H,(H,22,23). The average Bonchev–Trinajstić information content (AvgIpc) is 2.68. The van der Waals surface area contributed by atoms with Crippen LogP contribution in [0, 0.1) is 0 Å². The highest BCUT2D eigenvalue weighted by Gasteiger charge is 2.23. The maximum Gasteiger partial charge on any atom is 0.242 e. The third kappa shape index (κ3) is 4.78. The minimum atomic E-state index is -0.408. The molecule has 3 aromatic rings. The molecule has 124 valence electrons. The van der Waals surface area contributed by atoms with Crippen LogP contribution >= 0.6 is 24.0 Å². The number of rotatable bonds is 5. The highest BCUT2D eigenvalue weighted by Crippen LogP contribution is 2.33. The van der Waals surface area contributed by atoms with E-state index in [0.717, 1.165) is 16.8 Å². The summed E-state index contributed by atoms with van der Waals surface area (Å²) in [6.07, 6.45) is 0. The van der Waals surface area contributed by atoms with E-state index in [9.17, 15) is 4.79 Å². The molecule has 0 radical (unpaired) electrons. The molecular formula is C21H17NOS2. The highest BCUT2D eigenvalue weighted by atomic mass is 32.2. The maximum atomic E-state index is 12.9. The lowest BCUT2D eigenvalue weighted by Crippen LogP contribution is -2.20. The van der Waals surface area contributed by atoms with Crippen LogP contribution in [-0.2, 0) is 4.79 Å². The number of nitrogens with one attached hydrogen (secondary N) is 1. The molecule has 0 aliphatic rings. The van der Waals surface area contributed by atoms with Gasteiger partial charge in [-0.15, -0.1) is 0 Å². The molecule has 1 atom stereocenters. The molecular weight excluding hydrogens is 346 g/mol. The van der Waals surface area contributed by atoms with Crippen molar-refractivity contribution in [2.24, 2.45) is 0 Å². The third-order valence-corrected chi connectivity index (χ3v) is 5.31. The molecule has 0 aliphatic carbocycles. The Balaban J connectivity index is 1.83. The summed E-state index contributed by atoms with van der Waals surface area (Å²) >= 11 is 6.96. The van der Waals surface area contributed by atoms with Crippen LogP contribution in [0.1, 0.15) is 16.4 Å². The smallest absolute Gasteiger partial charge is 0.242 e. The number of amides is 1. The number of hydrogen-bond donors (Lipinski definition) is 1. The first-order valence-electron chi connectivity index (χ1n) is 7.91. The fraction of sp³-hybridized carbons (Fsp3) is 0.0476. The zero-order valence-corrected chi connectivity index (χ0v) is 15.1. The van der Waals surface area contributed by atoms with Gasteiger partial charge in [0.1, 0.15) is 5.25 Å². The van der Waals surface area contributed by atoms with E-state index in [1.165, 1.54) is 11.8 Å². The molecule has 25 heavy (non-hydrogen) atoms. The van der Waals surface area contributed by atoms with Crippen molar-refractivity contribution in [3.8, 4) is 0 Å². The summed E-state index contributed by atoms with van der Waals surface area (Å²) in [5.41, 5.74) is 2.66. The number of benzene rings is 3. The summed E-state index contributed by atoms with van der Waals surface area (Å²) in [5, 5.41) is 2.57. The van der Waals surface area contributed by atoms with E-state index in [4.69, 9.17) is 12.2 Å². The van der Waals surface area contributed by atoms with Gasteiger partial charge in [0, 0.05) is 5.69 Å². The molecule has 1 amide bonds. The van der Waals surface area contributed by atoms with Crippen LogP contribution in [0.4, 0.5) is 5.69 Å². The van der Waals surface area contributed by atoms with Gasteiger partial charge in [-0.3, -0.25) is 4.79 Å². The van der Waals surface area contributed by atoms with Crippen LogP contribution < -0.4 is 5.32 Å². The van der Waals surface area contributed by atoms with Gasteiger partial charge in [0.2, 0.25) is 5.91 Å². The lowest BCUT2D eigenvalue weighted by atomic mass is 10.1. The van der Waals surface area contributed by atoms with Gasteiger partial charge in [0.15, 0.2) is 0 Å². The second-order valence-electron chi connectivity index (χ2n) is 5.42. The fourth-order valence-electron chi connectivity index (χ4n) is 2.38. The largest absolute Gasteiger partial charge is 0.325 e. The van der Waals surface area contributed by atoms with Crippen molar-refractivity contribution in [2.45, 2.75) is 5.25 Å². The minimum Gasteiger partial charge on any atom is -0.325 e. The van der Waals surface area contributed by atoms with Crippen molar-refractivity contribution >= 4 is 39.8 Å². The van der Waals surface area contributed by atoms with Gasteiger partial charge in [-0.25, -0.2) is 0 Å². The normalized spacial score (nSPS) is 11.5. The van der Waals surface area contributed by atoms with Gasteiger partial charge in [-0.05, 0) is 23.3 Å². The van der Waals surface area contributed by atoms with Crippen molar-refractivity contribution in [1.29, 1.82) is 0 Å². The Hall–Kier alpha value is -2.43. The first-order chi connectivity index (χ1) is 12.2. The number of anilines is 1. The predicted octanol–water partition coefficient (Wildman–Crippen LogP) is 5.48. The number of carbonyl (C=O) groups excluding carboxylic acids is 1. The molecule has 1 unspecified atom stereocenters. The SMILES string of the molecule is O=C(Nc1ccccc1)C(SC(=S)c1ccccc1)c1ccccc1. The van der Waals surface area contributed by atoms with Crippen molar-refractivity contribution < 1.29 is 4.79 Å². The van der Waals surface area contributed by atoms with Crippen molar-refractivity contribution in [3.05, 3.63) is 102 Å². The minimum absolute atomic E-state index is 0.0827. The molecule has 4 heteroatoms. The average molecular weight is 364 g/mol. The maximum absolute atomic E-state index is 12.9. The number of thiocarbonyl (C=S) groups is 1. The van der Waals surface area contributed by atoms with E-state index in [-0.39, 0.29) is 5.91 Å². The zero-order valence-electron chi connectivity index (χ0n) is 13.5. The molecule has 3 rings (SSSR count). The van der Waals surface area contributed by atoms with E-state index in [1.54, 1.807) is 0 Å². The molecule has 0 saturated carbocycles. The van der Waals surface area contributed by atoms with Crippen LogP contribution in [0.2, 0.25) is 0 Å². The van der Waals surface area contributed by atoms with E-state index in [0.29, 0.717) is 4.20 Å². The fourth-order valence-corrected chi connectivity index (χ4v) is 3.75. The first kappa shape index (κ1) is 17.4. The quantitative estimate of drug-likeness (QED) is 0.609. The second kappa shape index (κ2) is 8.60. The molecule has 0 bridgehead atoms. The van der Waals surface area contributed by atoms with Crippen LogP contribution in [0.3, 0.4) is 0 Å². The number of hydrogen-bond acceptors (Lipinski definition) is 3. The van der Waals surface area contributed by atoms with E-state index in [2.05, 4.69) is 5.32 Å². The van der Waals surface area contributed by atoms with Gasteiger partial charge >= 0.3 is 0 Å². The third-order valence-electron chi connectivity index (χ3n) is 3.62. The highest BCUT2D eigenvalue weighted by molar-refractivity contribution is 8.24. The molecule has 0 spiro atoms. The number of carbonyl (C=O) groups is 1. The molecule has 0 aromatic heterocycles. The lowest BCUT2D eigenvalue weighted by Gasteiger charge is -2.17. The van der Waals surface area contributed by atoms with Crippen LogP contribution in [0.15, 0.2) is 91.0 Å². The summed E-state index contributed by atoms with van der Waals surface area (Å²) in [4.78, 5) is 12.9. The van der Waals surface area contributed by atoms with E-state index >= 15 is 0 Å². The van der Waals surface area contributed by atoms with Gasteiger partial charge in [-0.2, -0.15) is 0 Å². The van der Waals surface area contributed by atoms with Crippen LogP contribution in [-0.4, -0.2) is 10.1 Å². The predicted molar refractivity (Wildman–Crippen MR) is 110 cm³/mol. The Kier molecular flexibility index (Phi) is 5.99. The van der Waals surface area contributed by atoms with Gasteiger partial charge in [0.25, 0.3) is 0 Å². The molecule has 3 aromatic carbocycles.